The van der Waals surface area contributed by atoms with Gasteiger partial charge in [-0.05, 0) is 32.4 Å². The Bertz CT molecular complexity index is 454. The maximum Gasteiger partial charge on any atom is 0.316 e. The van der Waals surface area contributed by atoms with Crippen molar-refractivity contribution >= 4 is 11.8 Å². The Labute approximate surface area is 120 Å². The third-order valence-electron chi connectivity index (χ3n) is 2.92. The predicted octanol–water partition coefficient (Wildman–Crippen LogP) is 3.25. The molecule has 1 rings (SSSR count). The minimum absolute atomic E-state index is 0.227. The van der Waals surface area contributed by atoms with E-state index in [4.69, 9.17) is 9.47 Å². The fourth-order valence-corrected chi connectivity index (χ4v) is 2.03. The highest BCUT2D eigenvalue weighted by molar-refractivity contribution is 6.10. The van der Waals surface area contributed by atoms with Crippen LogP contribution in [-0.2, 0) is 9.53 Å². The molecule has 0 spiro atoms. The summed E-state index contributed by atoms with van der Waals surface area (Å²) in [6.07, 6.45) is 1.23. The number of rotatable bonds is 8. The minimum atomic E-state index is -0.749. The Kier molecular flexibility index (Phi) is 6.77. The number of Topliss-reactive ketones (excluding diaryl/α,β-unsaturated/α-hetero) is 1. The van der Waals surface area contributed by atoms with Crippen LogP contribution in [-0.4, -0.2) is 25.0 Å². The number of benzene rings is 1. The van der Waals surface area contributed by atoms with Gasteiger partial charge in [0.05, 0.1) is 18.8 Å². The predicted molar refractivity (Wildman–Crippen MR) is 77.0 cm³/mol. The summed E-state index contributed by atoms with van der Waals surface area (Å²) in [4.78, 5) is 24.5. The molecular weight excluding hydrogens is 256 g/mol. The quantitative estimate of drug-likeness (QED) is 0.416. The van der Waals surface area contributed by atoms with Gasteiger partial charge < -0.3 is 9.47 Å². The van der Waals surface area contributed by atoms with Crippen molar-refractivity contribution in [1.29, 1.82) is 0 Å². The van der Waals surface area contributed by atoms with Gasteiger partial charge in [0, 0.05) is 0 Å². The lowest BCUT2D eigenvalue weighted by molar-refractivity contribution is -0.146. The van der Waals surface area contributed by atoms with Crippen LogP contribution in [0.25, 0.3) is 0 Å². The molecule has 0 aliphatic carbocycles. The molecule has 0 aliphatic rings. The lowest BCUT2D eigenvalue weighted by Gasteiger charge is -2.16. The van der Waals surface area contributed by atoms with Crippen LogP contribution in [0.15, 0.2) is 24.3 Å². The summed E-state index contributed by atoms with van der Waals surface area (Å²) in [5.74, 6) is -0.910. The maximum atomic E-state index is 12.6. The van der Waals surface area contributed by atoms with Gasteiger partial charge in [-0.2, -0.15) is 0 Å². The van der Waals surface area contributed by atoms with E-state index in [-0.39, 0.29) is 12.4 Å². The molecule has 0 saturated heterocycles. The van der Waals surface area contributed by atoms with Gasteiger partial charge in [-0.25, -0.2) is 0 Å². The first-order valence-corrected chi connectivity index (χ1v) is 7.08. The smallest absolute Gasteiger partial charge is 0.316 e. The molecular formula is C16H22O4. The minimum Gasteiger partial charge on any atom is -0.493 e. The second kappa shape index (κ2) is 8.35. The van der Waals surface area contributed by atoms with Crippen molar-refractivity contribution in [3.8, 4) is 5.75 Å². The number of ketones is 1. The number of carbonyl (C=O) groups is 2. The molecule has 0 N–H and O–H groups in total. The Morgan fingerprint density at radius 2 is 1.80 bits per heavy atom. The average molecular weight is 278 g/mol. The van der Waals surface area contributed by atoms with E-state index in [1.165, 1.54) is 0 Å². The van der Waals surface area contributed by atoms with Crippen LogP contribution >= 0.6 is 0 Å². The van der Waals surface area contributed by atoms with Gasteiger partial charge in [-0.3, -0.25) is 9.59 Å². The second-order valence-electron chi connectivity index (χ2n) is 4.39. The highest BCUT2D eigenvalue weighted by Crippen LogP contribution is 2.24. The highest BCUT2D eigenvalue weighted by atomic mass is 16.5. The topological polar surface area (TPSA) is 52.6 Å². The molecule has 0 heterocycles. The zero-order chi connectivity index (χ0) is 15.0. The summed E-state index contributed by atoms with van der Waals surface area (Å²) in [6, 6.07) is 7.00. The molecule has 1 aromatic rings. The van der Waals surface area contributed by atoms with E-state index in [2.05, 4.69) is 0 Å². The standard InChI is InChI=1S/C16H22O4/c1-4-9-13(16(18)20-6-3)15(17)12-10-7-8-11-14(12)19-5-2/h7-8,10-11,13H,4-6,9H2,1-3H3. The fraction of sp³-hybridized carbons (Fsp3) is 0.500. The lowest BCUT2D eigenvalue weighted by atomic mass is 9.93. The Balaban J connectivity index is 3.02. The summed E-state index contributed by atoms with van der Waals surface area (Å²) in [6.45, 7) is 6.28. The van der Waals surface area contributed by atoms with Crippen molar-refractivity contribution in [3.05, 3.63) is 29.8 Å². The number of hydrogen-bond donors (Lipinski definition) is 0. The lowest BCUT2D eigenvalue weighted by Crippen LogP contribution is -2.26. The first-order valence-electron chi connectivity index (χ1n) is 7.08. The number of esters is 1. The molecule has 20 heavy (non-hydrogen) atoms. The van der Waals surface area contributed by atoms with Crippen molar-refractivity contribution in [1.82, 2.24) is 0 Å². The van der Waals surface area contributed by atoms with E-state index in [9.17, 15) is 9.59 Å². The van der Waals surface area contributed by atoms with Crippen molar-refractivity contribution in [2.75, 3.05) is 13.2 Å². The molecule has 0 radical (unpaired) electrons. The van der Waals surface area contributed by atoms with E-state index in [1.807, 2.05) is 13.8 Å². The van der Waals surface area contributed by atoms with E-state index in [0.29, 0.717) is 24.3 Å². The zero-order valence-electron chi connectivity index (χ0n) is 12.3. The number of carbonyl (C=O) groups excluding carboxylic acids is 2. The van der Waals surface area contributed by atoms with Gasteiger partial charge in [-0.15, -0.1) is 0 Å². The number of hydrogen-bond acceptors (Lipinski definition) is 4. The highest BCUT2D eigenvalue weighted by Gasteiger charge is 2.29. The van der Waals surface area contributed by atoms with Gasteiger partial charge in [-0.1, -0.05) is 25.5 Å². The molecule has 0 saturated carbocycles. The summed E-state index contributed by atoms with van der Waals surface area (Å²) in [7, 11) is 0. The summed E-state index contributed by atoms with van der Waals surface area (Å²) < 4.78 is 10.5. The van der Waals surface area contributed by atoms with Gasteiger partial charge in [0.15, 0.2) is 5.78 Å². The van der Waals surface area contributed by atoms with E-state index >= 15 is 0 Å². The fourth-order valence-electron chi connectivity index (χ4n) is 2.03. The third-order valence-corrected chi connectivity index (χ3v) is 2.92. The monoisotopic (exact) mass is 278 g/mol. The van der Waals surface area contributed by atoms with Gasteiger partial charge in [0.1, 0.15) is 11.7 Å². The van der Waals surface area contributed by atoms with Crippen LogP contribution in [0.3, 0.4) is 0 Å². The van der Waals surface area contributed by atoms with E-state index in [1.54, 1.807) is 31.2 Å². The number of para-hydroxylation sites is 1. The van der Waals surface area contributed by atoms with Crippen molar-refractivity contribution in [3.63, 3.8) is 0 Å². The zero-order valence-corrected chi connectivity index (χ0v) is 12.3. The molecule has 0 fully saturated rings. The first kappa shape index (κ1) is 16.2. The normalized spacial score (nSPS) is 11.8. The Hall–Kier alpha value is -1.84. The SMILES string of the molecule is CCCC(C(=O)OCC)C(=O)c1ccccc1OCC. The Morgan fingerprint density at radius 3 is 2.40 bits per heavy atom. The second-order valence-corrected chi connectivity index (χ2v) is 4.39. The van der Waals surface area contributed by atoms with Crippen molar-refractivity contribution in [2.45, 2.75) is 33.6 Å². The van der Waals surface area contributed by atoms with Crippen molar-refractivity contribution in [2.24, 2.45) is 5.92 Å². The van der Waals surface area contributed by atoms with Crippen molar-refractivity contribution < 1.29 is 19.1 Å². The summed E-state index contributed by atoms with van der Waals surface area (Å²) in [5.41, 5.74) is 0.445. The van der Waals surface area contributed by atoms with Crippen LogP contribution in [0.4, 0.5) is 0 Å². The summed E-state index contributed by atoms with van der Waals surface area (Å²) >= 11 is 0. The van der Waals surface area contributed by atoms with Crippen LogP contribution in [0, 0.1) is 5.92 Å². The largest absolute Gasteiger partial charge is 0.493 e. The third kappa shape index (κ3) is 4.08. The van der Waals surface area contributed by atoms with Crippen LogP contribution in [0.5, 0.6) is 5.75 Å². The van der Waals surface area contributed by atoms with Gasteiger partial charge in [0.25, 0.3) is 0 Å². The summed E-state index contributed by atoms with van der Waals surface area (Å²) in [5, 5.41) is 0. The first-order chi connectivity index (χ1) is 9.65. The van der Waals surface area contributed by atoms with Gasteiger partial charge >= 0.3 is 5.97 Å². The average Bonchev–Trinajstić information content (AvgIpc) is 2.45. The Morgan fingerprint density at radius 1 is 1.10 bits per heavy atom. The molecule has 0 bridgehead atoms. The maximum absolute atomic E-state index is 12.6. The van der Waals surface area contributed by atoms with Gasteiger partial charge in [0.2, 0.25) is 0 Å². The van der Waals surface area contributed by atoms with Crippen LogP contribution in [0.1, 0.15) is 44.0 Å². The van der Waals surface area contributed by atoms with Crippen LogP contribution in [0.2, 0.25) is 0 Å². The molecule has 0 aliphatic heterocycles. The van der Waals surface area contributed by atoms with E-state index < -0.39 is 11.9 Å². The van der Waals surface area contributed by atoms with Crippen LogP contribution < -0.4 is 4.74 Å². The molecule has 0 aromatic heterocycles. The molecule has 1 aromatic carbocycles. The molecule has 0 amide bonds. The van der Waals surface area contributed by atoms with E-state index in [0.717, 1.165) is 6.42 Å². The molecule has 4 nitrogen and oxygen atoms in total. The molecule has 4 heteroatoms. The molecule has 110 valence electrons. The number of ether oxygens (including phenoxy) is 2. The molecule has 1 atom stereocenters. The molecule has 1 unspecified atom stereocenters.